The van der Waals surface area contributed by atoms with Gasteiger partial charge in [-0.05, 0) is 31.2 Å². The summed E-state index contributed by atoms with van der Waals surface area (Å²) in [5.74, 6) is -3.94. The molecule has 0 spiro atoms. The van der Waals surface area contributed by atoms with Crippen LogP contribution >= 0.6 is 0 Å². The first-order valence-electron chi connectivity index (χ1n) is 6.21. The Hall–Kier alpha value is -2.50. The Morgan fingerprint density at radius 1 is 1.19 bits per heavy atom. The van der Waals surface area contributed by atoms with Gasteiger partial charge in [-0.2, -0.15) is 0 Å². The molecule has 1 amide bonds. The van der Waals surface area contributed by atoms with Crippen molar-refractivity contribution in [1.29, 1.82) is 0 Å². The molecular formula is C15H14F2N2O2. The standard InChI is InChI=1S/C15H14F2N2O2/c1-9-3-5-10(6-4-9)21-14-11(15(2,16)17)7-8-12(19-14)13(18)20/h3-8H,1-2H3,(H2,18,20). The number of hydrogen-bond acceptors (Lipinski definition) is 3. The van der Waals surface area contributed by atoms with Crippen LogP contribution in [-0.2, 0) is 5.92 Å². The molecule has 21 heavy (non-hydrogen) atoms. The fraction of sp³-hybridized carbons (Fsp3) is 0.200. The summed E-state index contributed by atoms with van der Waals surface area (Å²) < 4.78 is 32.5. The number of amides is 1. The van der Waals surface area contributed by atoms with Crippen LogP contribution in [0.5, 0.6) is 11.6 Å². The highest BCUT2D eigenvalue weighted by Gasteiger charge is 2.30. The highest BCUT2D eigenvalue weighted by Crippen LogP contribution is 2.35. The number of nitrogens with two attached hydrogens (primary N) is 1. The molecule has 0 saturated heterocycles. The molecule has 6 heteroatoms. The fourth-order valence-electron chi connectivity index (χ4n) is 1.71. The molecule has 0 atom stereocenters. The van der Waals surface area contributed by atoms with Gasteiger partial charge in [0.25, 0.3) is 11.8 Å². The normalized spacial score (nSPS) is 11.2. The monoisotopic (exact) mass is 292 g/mol. The summed E-state index contributed by atoms with van der Waals surface area (Å²) in [6.07, 6.45) is 0. The van der Waals surface area contributed by atoms with Crippen molar-refractivity contribution in [3.05, 3.63) is 53.2 Å². The van der Waals surface area contributed by atoms with Crippen LogP contribution in [0.2, 0.25) is 0 Å². The quantitative estimate of drug-likeness (QED) is 0.939. The highest BCUT2D eigenvalue weighted by molar-refractivity contribution is 5.90. The Kier molecular flexibility index (Phi) is 3.88. The van der Waals surface area contributed by atoms with E-state index in [9.17, 15) is 13.6 Å². The molecule has 110 valence electrons. The van der Waals surface area contributed by atoms with Crippen molar-refractivity contribution >= 4 is 5.91 Å². The predicted octanol–water partition coefficient (Wildman–Crippen LogP) is 3.39. The molecule has 0 bridgehead atoms. The second-order valence-corrected chi connectivity index (χ2v) is 4.72. The molecule has 1 aromatic heterocycles. The Labute approximate surface area is 120 Å². The molecule has 2 aromatic rings. The number of pyridine rings is 1. The van der Waals surface area contributed by atoms with E-state index in [4.69, 9.17) is 10.5 Å². The number of hydrogen-bond donors (Lipinski definition) is 1. The number of carbonyl (C=O) groups is 1. The zero-order chi connectivity index (χ0) is 15.6. The van der Waals surface area contributed by atoms with Crippen LogP contribution in [0.15, 0.2) is 36.4 Å². The number of nitrogens with zero attached hydrogens (tertiary/aromatic N) is 1. The number of primary amides is 1. The number of benzene rings is 1. The topological polar surface area (TPSA) is 65.2 Å². The van der Waals surface area contributed by atoms with Gasteiger partial charge in [0.15, 0.2) is 0 Å². The second-order valence-electron chi connectivity index (χ2n) is 4.72. The summed E-state index contributed by atoms with van der Waals surface area (Å²) in [6.45, 7) is 2.62. The third kappa shape index (κ3) is 3.53. The molecule has 2 N–H and O–H groups in total. The van der Waals surface area contributed by atoms with Gasteiger partial charge in [0.2, 0.25) is 5.88 Å². The van der Waals surface area contributed by atoms with Gasteiger partial charge >= 0.3 is 0 Å². The van der Waals surface area contributed by atoms with Gasteiger partial charge in [-0.1, -0.05) is 17.7 Å². The minimum Gasteiger partial charge on any atom is -0.438 e. The van der Waals surface area contributed by atoms with Crippen molar-refractivity contribution < 1.29 is 18.3 Å². The van der Waals surface area contributed by atoms with Crippen LogP contribution in [0.1, 0.15) is 28.5 Å². The molecule has 0 fully saturated rings. The third-order valence-electron chi connectivity index (χ3n) is 2.82. The SMILES string of the molecule is Cc1ccc(Oc2nc(C(N)=O)ccc2C(C)(F)F)cc1. The van der Waals surface area contributed by atoms with Crippen molar-refractivity contribution in [2.45, 2.75) is 19.8 Å². The van der Waals surface area contributed by atoms with Crippen molar-refractivity contribution in [1.82, 2.24) is 4.98 Å². The van der Waals surface area contributed by atoms with Gasteiger partial charge in [-0.15, -0.1) is 0 Å². The molecule has 0 radical (unpaired) electrons. The highest BCUT2D eigenvalue weighted by atomic mass is 19.3. The molecule has 0 unspecified atom stereocenters. The largest absolute Gasteiger partial charge is 0.438 e. The van der Waals surface area contributed by atoms with E-state index in [1.807, 2.05) is 6.92 Å². The lowest BCUT2D eigenvalue weighted by Gasteiger charge is -2.15. The number of aromatic nitrogens is 1. The minimum absolute atomic E-state index is 0.134. The first-order chi connectivity index (χ1) is 9.77. The molecule has 2 rings (SSSR count). The van der Waals surface area contributed by atoms with Gasteiger partial charge in [0.1, 0.15) is 11.4 Å². The van der Waals surface area contributed by atoms with Crippen molar-refractivity contribution in [3.8, 4) is 11.6 Å². The van der Waals surface area contributed by atoms with E-state index >= 15 is 0 Å². The minimum atomic E-state index is -3.15. The molecule has 0 saturated carbocycles. The number of ether oxygens (including phenoxy) is 1. The van der Waals surface area contributed by atoms with Crippen LogP contribution in [0, 0.1) is 6.92 Å². The molecule has 1 aromatic carbocycles. The van der Waals surface area contributed by atoms with E-state index in [1.54, 1.807) is 24.3 Å². The maximum atomic E-state index is 13.6. The number of halogens is 2. The van der Waals surface area contributed by atoms with E-state index < -0.39 is 17.4 Å². The number of rotatable bonds is 4. The van der Waals surface area contributed by atoms with E-state index in [0.717, 1.165) is 24.6 Å². The zero-order valence-corrected chi connectivity index (χ0v) is 11.6. The lowest BCUT2D eigenvalue weighted by atomic mass is 10.1. The van der Waals surface area contributed by atoms with Gasteiger partial charge in [-0.3, -0.25) is 4.79 Å². The van der Waals surface area contributed by atoms with Crippen LogP contribution in [0.3, 0.4) is 0 Å². The van der Waals surface area contributed by atoms with Crippen LogP contribution in [0.25, 0.3) is 0 Å². The Morgan fingerprint density at radius 2 is 1.81 bits per heavy atom. The number of alkyl halides is 2. The maximum absolute atomic E-state index is 13.6. The van der Waals surface area contributed by atoms with Crippen molar-refractivity contribution in [3.63, 3.8) is 0 Å². The van der Waals surface area contributed by atoms with Crippen LogP contribution in [-0.4, -0.2) is 10.9 Å². The zero-order valence-electron chi connectivity index (χ0n) is 11.6. The first-order valence-corrected chi connectivity index (χ1v) is 6.21. The Balaban J connectivity index is 2.45. The summed E-state index contributed by atoms with van der Waals surface area (Å²) in [5.41, 5.74) is 5.57. The summed E-state index contributed by atoms with van der Waals surface area (Å²) in [7, 11) is 0. The molecule has 1 heterocycles. The average Bonchev–Trinajstić information content (AvgIpc) is 2.40. The molecular weight excluding hydrogens is 278 g/mol. The molecule has 0 aliphatic carbocycles. The Morgan fingerprint density at radius 3 is 2.33 bits per heavy atom. The van der Waals surface area contributed by atoms with Crippen LogP contribution in [0.4, 0.5) is 8.78 Å². The molecule has 0 aliphatic heterocycles. The van der Waals surface area contributed by atoms with Gasteiger partial charge in [-0.25, -0.2) is 13.8 Å². The van der Waals surface area contributed by atoms with Gasteiger partial charge in [0.05, 0.1) is 5.56 Å². The Bertz CT molecular complexity index is 664. The first kappa shape index (κ1) is 14.9. The van der Waals surface area contributed by atoms with Crippen molar-refractivity contribution in [2.24, 2.45) is 5.73 Å². The summed E-state index contributed by atoms with van der Waals surface area (Å²) in [4.78, 5) is 14.9. The van der Waals surface area contributed by atoms with Crippen molar-refractivity contribution in [2.75, 3.05) is 0 Å². The predicted molar refractivity (Wildman–Crippen MR) is 73.6 cm³/mol. The lowest BCUT2D eigenvalue weighted by molar-refractivity contribution is 0.0149. The van der Waals surface area contributed by atoms with E-state index in [0.29, 0.717) is 5.75 Å². The van der Waals surface area contributed by atoms with E-state index in [-0.39, 0.29) is 11.6 Å². The summed E-state index contributed by atoms with van der Waals surface area (Å²) in [6, 6.07) is 9.05. The van der Waals surface area contributed by atoms with Crippen LogP contribution < -0.4 is 10.5 Å². The second kappa shape index (κ2) is 5.47. The van der Waals surface area contributed by atoms with Gasteiger partial charge < -0.3 is 10.5 Å². The van der Waals surface area contributed by atoms with E-state index in [1.165, 1.54) is 0 Å². The van der Waals surface area contributed by atoms with E-state index in [2.05, 4.69) is 4.98 Å². The third-order valence-corrected chi connectivity index (χ3v) is 2.82. The average molecular weight is 292 g/mol. The number of aryl methyl sites for hydroxylation is 1. The maximum Gasteiger partial charge on any atom is 0.275 e. The number of carbonyl (C=O) groups excluding carboxylic acids is 1. The summed E-state index contributed by atoms with van der Waals surface area (Å²) >= 11 is 0. The molecule has 4 nitrogen and oxygen atoms in total. The van der Waals surface area contributed by atoms with Gasteiger partial charge in [0, 0.05) is 6.92 Å². The molecule has 0 aliphatic rings. The lowest BCUT2D eigenvalue weighted by Crippen LogP contribution is -2.16. The summed E-state index contributed by atoms with van der Waals surface area (Å²) in [5, 5.41) is 0. The smallest absolute Gasteiger partial charge is 0.275 e. The fourth-order valence-corrected chi connectivity index (χ4v) is 1.71.